The molecule has 0 amide bonds. The summed E-state index contributed by atoms with van der Waals surface area (Å²) in [5.41, 5.74) is 2.55. The Morgan fingerprint density at radius 1 is 1.23 bits per heavy atom. The number of hydrogen-bond acceptors (Lipinski definition) is 4. The van der Waals surface area contributed by atoms with Crippen molar-refractivity contribution in [2.24, 2.45) is 5.92 Å². The summed E-state index contributed by atoms with van der Waals surface area (Å²) < 4.78 is 0. The first-order valence-electron chi connectivity index (χ1n) is 8.08. The van der Waals surface area contributed by atoms with Crippen LogP contribution in [0.3, 0.4) is 0 Å². The largest absolute Gasteiger partial charge is 0.366 e. The number of rotatable bonds is 4. The summed E-state index contributed by atoms with van der Waals surface area (Å²) in [4.78, 5) is 11.4. The van der Waals surface area contributed by atoms with Crippen LogP contribution in [0.5, 0.6) is 0 Å². The number of anilines is 2. The van der Waals surface area contributed by atoms with E-state index < -0.39 is 0 Å². The van der Waals surface area contributed by atoms with Crippen LogP contribution in [-0.4, -0.2) is 23.1 Å². The maximum absolute atomic E-state index is 4.67. The minimum Gasteiger partial charge on any atom is -0.366 e. The second-order valence-electron chi connectivity index (χ2n) is 6.27. The summed E-state index contributed by atoms with van der Waals surface area (Å²) in [7, 11) is 0. The van der Waals surface area contributed by atoms with Crippen LogP contribution in [0.1, 0.15) is 30.9 Å². The van der Waals surface area contributed by atoms with Crippen LogP contribution < -0.4 is 10.2 Å². The highest BCUT2D eigenvalue weighted by Crippen LogP contribution is 2.20. The molecule has 0 saturated carbocycles. The summed E-state index contributed by atoms with van der Waals surface area (Å²) in [6.07, 6.45) is 4.38. The zero-order valence-electron chi connectivity index (χ0n) is 13.4. The fraction of sp³-hybridized carbons (Fsp3) is 0.444. The summed E-state index contributed by atoms with van der Waals surface area (Å²) >= 11 is 0. The molecule has 4 heteroatoms. The Morgan fingerprint density at radius 2 is 2.05 bits per heavy atom. The van der Waals surface area contributed by atoms with E-state index in [1.165, 1.54) is 24.0 Å². The van der Waals surface area contributed by atoms with Crippen molar-refractivity contribution in [3.63, 3.8) is 0 Å². The zero-order chi connectivity index (χ0) is 15.4. The molecule has 1 aliphatic rings. The molecule has 1 fully saturated rings. The molecule has 3 rings (SSSR count). The van der Waals surface area contributed by atoms with Gasteiger partial charge in [0.25, 0.3) is 0 Å². The Labute approximate surface area is 132 Å². The maximum Gasteiger partial charge on any atom is 0.227 e. The summed E-state index contributed by atoms with van der Waals surface area (Å²) in [5.74, 6) is 2.46. The molecule has 1 aromatic carbocycles. The molecule has 2 aromatic rings. The van der Waals surface area contributed by atoms with Gasteiger partial charge in [-0.3, -0.25) is 0 Å². The average molecular weight is 296 g/mol. The number of aromatic nitrogens is 2. The predicted molar refractivity (Wildman–Crippen MR) is 91.1 cm³/mol. The van der Waals surface area contributed by atoms with Gasteiger partial charge in [-0.2, -0.15) is 4.98 Å². The van der Waals surface area contributed by atoms with E-state index in [9.17, 15) is 0 Å². The van der Waals surface area contributed by atoms with E-state index in [2.05, 4.69) is 58.3 Å². The molecule has 1 aromatic heterocycles. The van der Waals surface area contributed by atoms with Crippen molar-refractivity contribution in [1.29, 1.82) is 0 Å². The van der Waals surface area contributed by atoms with E-state index >= 15 is 0 Å². The Bertz CT molecular complexity index is 609. The molecule has 0 aliphatic carbocycles. The Morgan fingerprint density at radius 3 is 2.82 bits per heavy atom. The lowest BCUT2D eigenvalue weighted by Gasteiger charge is -2.30. The molecule has 2 heterocycles. The van der Waals surface area contributed by atoms with Crippen LogP contribution in [-0.2, 0) is 6.54 Å². The quantitative estimate of drug-likeness (QED) is 0.935. The second-order valence-corrected chi connectivity index (χ2v) is 6.27. The molecule has 0 bridgehead atoms. The highest BCUT2D eigenvalue weighted by molar-refractivity contribution is 5.42. The zero-order valence-corrected chi connectivity index (χ0v) is 13.4. The molecule has 0 spiro atoms. The average Bonchev–Trinajstić information content (AvgIpc) is 2.55. The second kappa shape index (κ2) is 6.77. The highest BCUT2D eigenvalue weighted by Gasteiger charge is 2.18. The maximum atomic E-state index is 4.67. The van der Waals surface area contributed by atoms with Gasteiger partial charge in [0.2, 0.25) is 5.95 Å². The Balaban J connectivity index is 1.64. The van der Waals surface area contributed by atoms with E-state index in [0.717, 1.165) is 37.3 Å². The third-order valence-electron chi connectivity index (χ3n) is 4.18. The van der Waals surface area contributed by atoms with Gasteiger partial charge < -0.3 is 10.2 Å². The molecule has 1 aliphatic heterocycles. The third-order valence-corrected chi connectivity index (χ3v) is 4.18. The molecule has 1 unspecified atom stereocenters. The van der Waals surface area contributed by atoms with Gasteiger partial charge in [-0.05, 0) is 37.3 Å². The Hall–Kier alpha value is -2.10. The van der Waals surface area contributed by atoms with Crippen LogP contribution in [0.15, 0.2) is 36.5 Å². The minimum absolute atomic E-state index is 0.724. The van der Waals surface area contributed by atoms with Gasteiger partial charge in [-0.15, -0.1) is 0 Å². The first kappa shape index (κ1) is 14.8. The van der Waals surface area contributed by atoms with E-state index in [4.69, 9.17) is 0 Å². The van der Waals surface area contributed by atoms with Gasteiger partial charge in [0, 0.05) is 25.8 Å². The van der Waals surface area contributed by atoms with E-state index in [-0.39, 0.29) is 0 Å². The number of nitrogens with one attached hydrogen (secondary N) is 1. The van der Waals surface area contributed by atoms with Crippen molar-refractivity contribution in [3.05, 3.63) is 47.7 Å². The number of hydrogen-bond donors (Lipinski definition) is 1. The molecule has 22 heavy (non-hydrogen) atoms. The van der Waals surface area contributed by atoms with Crippen molar-refractivity contribution in [1.82, 2.24) is 9.97 Å². The van der Waals surface area contributed by atoms with Crippen LogP contribution >= 0.6 is 0 Å². The fourth-order valence-corrected chi connectivity index (χ4v) is 2.87. The van der Waals surface area contributed by atoms with Crippen molar-refractivity contribution >= 4 is 11.8 Å². The lowest BCUT2D eigenvalue weighted by Crippen LogP contribution is -2.35. The number of benzene rings is 1. The first-order chi connectivity index (χ1) is 10.7. The molecule has 116 valence electrons. The van der Waals surface area contributed by atoms with Gasteiger partial charge in [0.15, 0.2) is 0 Å². The molecule has 1 N–H and O–H groups in total. The Kier molecular flexibility index (Phi) is 4.56. The normalized spacial score (nSPS) is 18.3. The van der Waals surface area contributed by atoms with E-state index in [1.807, 2.05) is 12.3 Å². The van der Waals surface area contributed by atoms with Crippen LogP contribution in [0.2, 0.25) is 0 Å². The van der Waals surface area contributed by atoms with Crippen LogP contribution in [0, 0.1) is 12.8 Å². The molecular formula is C18H24N4. The fourth-order valence-electron chi connectivity index (χ4n) is 2.87. The third kappa shape index (κ3) is 3.75. The molecular weight excluding hydrogens is 272 g/mol. The van der Waals surface area contributed by atoms with Crippen LogP contribution in [0.4, 0.5) is 11.8 Å². The van der Waals surface area contributed by atoms with Gasteiger partial charge in [0.1, 0.15) is 5.82 Å². The van der Waals surface area contributed by atoms with Crippen molar-refractivity contribution in [2.45, 2.75) is 33.2 Å². The summed E-state index contributed by atoms with van der Waals surface area (Å²) in [6, 6.07) is 10.5. The molecule has 1 saturated heterocycles. The monoisotopic (exact) mass is 296 g/mol. The van der Waals surface area contributed by atoms with E-state index in [0.29, 0.717) is 0 Å². The first-order valence-corrected chi connectivity index (χ1v) is 8.08. The SMILES string of the molecule is Cc1ccc(CNc2ccnc(N3CCCC(C)C3)n2)cc1. The van der Waals surface area contributed by atoms with Gasteiger partial charge in [0.05, 0.1) is 0 Å². The number of nitrogens with zero attached hydrogens (tertiary/aromatic N) is 3. The lowest BCUT2D eigenvalue weighted by molar-refractivity contribution is 0.442. The lowest BCUT2D eigenvalue weighted by atomic mass is 10.0. The topological polar surface area (TPSA) is 41.1 Å². The summed E-state index contributed by atoms with van der Waals surface area (Å²) in [5, 5.41) is 3.39. The van der Waals surface area contributed by atoms with Crippen molar-refractivity contribution < 1.29 is 0 Å². The molecule has 4 nitrogen and oxygen atoms in total. The van der Waals surface area contributed by atoms with Crippen molar-refractivity contribution in [2.75, 3.05) is 23.3 Å². The summed E-state index contributed by atoms with van der Waals surface area (Å²) in [6.45, 7) is 7.31. The van der Waals surface area contributed by atoms with E-state index in [1.54, 1.807) is 0 Å². The molecule has 1 atom stereocenters. The number of aryl methyl sites for hydroxylation is 1. The predicted octanol–water partition coefficient (Wildman–Crippen LogP) is 3.63. The molecule has 0 radical (unpaired) electrons. The standard InChI is InChI=1S/C18H24N4/c1-14-5-7-16(8-6-14)12-20-17-9-10-19-18(21-17)22-11-3-4-15(2)13-22/h5-10,15H,3-4,11-13H2,1-2H3,(H,19,20,21). The van der Waals surface area contributed by atoms with Crippen molar-refractivity contribution in [3.8, 4) is 0 Å². The van der Waals surface area contributed by atoms with Gasteiger partial charge in [-0.1, -0.05) is 36.8 Å². The smallest absolute Gasteiger partial charge is 0.227 e. The minimum atomic E-state index is 0.724. The van der Waals surface area contributed by atoms with Gasteiger partial charge >= 0.3 is 0 Å². The van der Waals surface area contributed by atoms with Gasteiger partial charge in [-0.25, -0.2) is 4.98 Å². The highest BCUT2D eigenvalue weighted by atomic mass is 15.3. The number of piperidine rings is 1. The van der Waals surface area contributed by atoms with Crippen LogP contribution in [0.25, 0.3) is 0 Å².